The third-order valence-electron chi connectivity index (χ3n) is 9.85. The number of anilines is 1. The number of rotatable bonds is 26. The lowest BCUT2D eigenvalue weighted by Gasteiger charge is -2.25. The van der Waals surface area contributed by atoms with Gasteiger partial charge in [-0.1, -0.05) is 107 Å². The number of aliphatic hydroxyl groups is 1. The highest BCUT2D eigenvalue weighted by Gasteiger charge is 2.55. The number of carbonyl (C=O) groups excluding carboxylic acids is 1. The Kier molecular flexibility index (Phi) is 17.8. The number of allylic oxidation sites excluding steroid dienone is 2. The first-order chi connectivity index (χ1) is 26.0. The van der Waals surface area contributed by atoms with E-state index < -0.39 is 44.1 Å². The summed E-state index contributed by atoms with van der Waals surface area (Å²) in [4.78, 5) is 28.7. The zero-order chi connectivity index (χ0) is 38.8. The second kappa shape index (κ2) is 22.2. The van der Waals surface area contributed by atoms with Crippen LogP contribution < -0.4 is 21.0 Å². The Bertz CT molecular complexity index is 1730. The molecule has 0 bridgehead atoms. The second-order valence-corrected chi connectivity index (χ2v) is 16.2. The van der Waals surface area contributed by atoms with Gasteiger partial charge in [0.25, 0.3) is 0 Å². The maximum absolute atomic E-state index is 15.8. The topological polar surface area (TPSA) is 155 Å². The summed E-state index contributed by atoms with van der Waals surface area (Å²) in [5, 5.41) is 15.3. The molecule has 54 heavy (non-hydrogen) atoms. The quantitative estimate of drug-likeness (QED) is 0.0409. The highest BCUT2D eigenvalue weighted by Crippen LogP contribution is 2.48. The van der Waals surface area contributed by atoms with Gasteiger partial charge in [-0.3, -0.25) is 13.9 Å². The number of fused-ring (bicyclic) bond motifs is 1. The van der Waals surface area contributed by atoms with E-state index in [-0.39, 0.29) is 18.1 Å². The van der Waals surface area contributed by atoms with Crippen LogP contribution in [0.5, 0.6) is 5.75 Å². The van der Waals surface area contributed by atoms with E-state index in [9.17, 15) is 19.3 Å². The van der Waals surface area contributed by atoms with Gasteiger partial charge in [-0.2, -0.15) is 4.98 Å². The van der Waals surface area contributed by atoms with E-state index in [1.165, 1.54) is 63.6 Å². The van der Waals surface area contributed by atoms with Gasteiger partial charge in [0.2, 0.25) is 0 Å². The predicted molar refractivity (Wildman–Crippen MR) is 212 cm³/mol. The Labute approximate surface area is 319 Å². The van der Waals surface area contributed by atoms with Crippen LogP contribution in [-0.2, 0) is 18.6 Å². The average molecular weight is 771 g/mol. The van der Waals surface area contributed by atoms with Crippen LogP contribution in [0.15, 0.2) is 71.7 Å². The largest absolute Gasteiger partial charge is 0.458 e. The van der Waals surface area contributed by atoms with Crippen molar-refractivity contribution < 1.29 is 32.6 Å². The maximum Gasteiger partial charge on any atom is 0.458 e. The Morgan fingerprint density at radius 1 is 0.981 bits per heavy atom. The molecule has 1 fully saturated rings. The van der Waals surface area contributed by atoms with Crippen molar-refractivity contribution >= 4 is 30.1 Å². The lowest BCUT2D eigenvalue weighted by atomic mass is 9.98. The molecule has 5 atom stereocenters. The molecule has 0 amide bonds. The van der Waals surface area contributed by atoms with Crippen LogP contribution in [-0.4, -0.2) is 51.5 Å². The Hall–Kier alpha value is -3.41. The molecule has 2 heterocycles. The highest BCUT2D eigenvalue weighted by atomic mass is 31.2. The molecule has 13 heteroatoms. The number of carbonyl (C=O) groups is 1. The van der Waals surface area contributed by atoms with Gasteiger partial charge < -0.3 is 20.1 Å². The summed E-state index contributed by atoms with van der Waals surface area (Å²) in [6.07, 6.45) is 18.1. The normalized spacial score (nSPS) is 21.1. The summed E-state index contributed by atoms with van der Waals surface area (Å²) in [7, 11) is -4.16. The summed E-state index contributed by atoms with van der Waals surface area (Å²) in [5.74, 6) is 0.394. The van der Waals surface area contributed by atoms with E-state index in [4.69, 9.17) is 19.5 Å². The number of nitrogen functional groups attached to an aromatic ring is 1. The molecular formula is C41H60FN4O7P. The zero-order valence-corrected chi connectivity index (χ0v) is 32.9. The first-order valence-corrected chi connectivity index (χ1v) is 21.3. The smallest absolute Gasteiger partial charge is 0.413 e. The molecule has 298 valence electrons. The molecule has 4 rings (SSSR count). The Morgan fingerprint density at radius 3 is 2.35 bits per heavy atom. The number of nitrogens with one attached hydrogen (secondary N) is 1. The van der Waals surface area contributed by atoms with Crippen molar-refractivity contribution in [3.8, 4) is 5.75 Å². The molecule has 4 N–H and O–H groups in total. The number of alkyl halides is 1. The molecule has 1 aromatic heterocycles. The summed E-state index contributed by atoms with van der Waals surface area (Å²) in [6, 6.07) is 14.0. The van der Waals surface area contributed by atoms with Crippen molar-refractivity contribution in [3.63, 3.8) is 0 Å². The summed E-state index contributed by atoms with van der Waals surface area (Å²) >= 11 is 0. The number of aromatic nitrogens is 2. The molecule has 3 aromatic rings. The molecule has 1 aliphatic heterocycles. The first-order valence-electron chi connectivity index (χ1n) is 19.7. The number of Topliss-reactive ketones (excluding diaryl/α,β-unsaturated/α-hetero) is 1. The van der Waals surface area contributed by atoms with Crippen LogP contribution >= 0.6 is 7.75 Å². The predicted octanol–water partition coefficient (Wildman–Crippen LogP) is 9.15. The van der Waals surface area contributed by atoms with E-state index in [1.807, 2.05) is 30.3 Å². The molecule has 2 aromatic carbocycles. The Balaban J connectivity index is 1.22. The van der Waals surface area contributed by atoms with Gasteiger partial charge in [-0.15, -0.1) is 0 Å². The molecule has 1 aliphatic rings. The van der Waals surface area contributed by atoms with Gasteiger partial charge in [0.1, 0.15) is 29.6 Å². The van der Waals surface area contributed by atoms with E-state index in [0.29, 0.717) is 30.4 Å². The SMILES string of the molecule is CCCCCCCC/C=C\CCCCCCCC(=O)CCCNP(=O)(OC[C@H]1O[C@@H](n2ccc(N)nc2=O)[C@](C)(F)[C@@H]1O)Oc1cccc2ccccc12. The minimum atomic E-state index is -4.16. The minimum Gasteiger partial charge on any atom is -0.413 e. The minimum absolute atomic E-state index is 0.0439. The van der Waals surface area contributed by atoms with Crippen LogP contribution in [0.1, 0.15) is 123 Å². The van der Waals surface area contributed by atoms with E-state index in [1.54, 1.807) is 12.1 Å². The van der Waals surface area contributed by atoms with E-state index in [0.717, 1.165) is 49.0 Å². The molecule has 0 radical (unpaired) electrons. The number of hydrogen-bond acceptors (Lipinski definition) is 9. The maximum atomic E-state index is 15.8. The van der Waals surface area contributed by atoms with Crippen molar-refractivity contribution in [3.05, 3.63) is 77.4 Å². The summed E-state index contributed by atoms with van der Waals surface area (Å²) < 4.78 is 48.5. The van der Waals surface area contributed by atoms with Crippen molar-refractivity contribution in [1.29, 1.82) is 0 Å². The van der Waals surface area contributed by atoms with E-state index >= 15 is 4.39 Å². The molecule has 0 aliphatic carbocycles. The third kappa shape index (κ3) is 13.4. The standard InChI is InChI=1S/C41H60FN4O7P/c1-3-4-5-6-7-8-9-10-11-12-13-14-15-16-17-24-33(47)25-21-29-44-54(50,53-35-27-20-23-32-22-18-19-26-34(32)35)51-31-36-38(48)41(2,42)39(52-36)46-30-28-37(43)45-40(46)49/h10-11,18-20,22-23,26-28,30,36,38-39,48H,3-9,12-17,21,24-25,29,31H2,1-2H3,(H,44,50)(H2,43,45,49)/b11-10-/t36-,38-,39-,41-,54?/m1/s1. The number of nitrogens with zero attached hydrogens (tertiary/aromatic N) is 2. The van der Waals surface area contributed by atoms with Crippen LogP contribution in [0, 0.1) is 0 Å². The lowest BCUT2D eigenvalue weighted by Crippen LogP contribution is -2.43. The number of nitrogens with two attached hydrogens (primary N) is 1. The molecule has 0 saturated carbocycles. The zero-order valence-electron chi connectivity index (χ0n) is 32.0. The number of unbranched alkanes of at least 4 members (excludes halogenated alkanes) is 11. The molecule has 1 unspecified atom stereocenters. The lowest BCUT2D eigenvalue weighted by molar-refractivity contribution is -0.119. The number of hydrogen-bond donors (Lipinski definition) is 3. The van der Waals surface area contributed by atoms with Crippen LogP contribution in [0.25, 0.3) is 10.8 Å². The van der Waals surface area contributed by atoms with Gasteiger partial charge in [0.15, 0.2) is 11.9 Å². The van der Waals surface area contributed by atoms with Crippen LogP contribution in [0.3, 0.4) is 0 Å². The second-order valence-electron chi connectivity index (χ2n) is 14.4. The van der Waals surface area contributed by atoms with Crippen molar-refractivity contribution in [2.45, 2.75) is 141 Å². The number of ketones is 1. The van der Waals surface area contributed by atoms with Gasteiger partial charge in [-0.25, -0.2) is 18.8 Å². The monoisotopic (exact) mass is 770 g/mol. The molecular weight excluding hydrogens is 710 g/mol. The molecule has 11 nitrogen and oxygen atoms in total. The molecule has 1 saturated heterocycles. The summed E-state index contributed by atoms with van der Waals surface area (Å²) in [6.45, 7) is 2.96. The number of halogens is 1. The van der Waals surface area contributed by atoms with Crippen LogP contribution in [0.4, 0.5) is 10.2 Å². The number of benzene rings is 2. The average Bonchev–Trinajstić information content (AvgIpc) is 3.38. The van der Waals surface area contributed by atoms with Crippen molar-refractivity contribution in [2.24, 2.45) is 0 Å². The van der Waals surface area contributed by atoms with Crippen LogP contribution in [0.2, 0.25) is 0 Å². The van der Waals surface area contributed by atoms with Gasteiger partial charge in [0, 0.05) is 31.0 Å². The number of ether oxygens (including phenoxy) is 1. The number of aliphatic hydroxyl groups excluding tert-OH is 1. The fraction of sp³-hybridized carbons (Fsp3) is 0.585. The van der Waals surface area contributed by atoms with Gasteiger partial charge in [0.05, 0.1) is 6.61 Å². The third-order valence-corrected chi connectivity index (χ3v) is 11.4. The fourth-order valence-corrected chi connectivity index (χ4v) is 8.06. The van der Waals surface area contributed by atoms with Crippen molar-refractivity contribution in [1.82, 2.24) is 14.6 Å². The summed E-state index contributed by atoms with van der Waals surface area (Å²) in [5.41, 5.74) is 2.30. The Morgan fingerprint density at radius 2 is 1.63 bits per heavy atom. The first kappa shape index (κ1) is 43.3. The fourth-order valence-electron chi connectivity index (χ4n) is 6.65. The van der Waals surface area contributed by atoms with Gasteiger partial charge >= 0.3 is 13.4 Å². The van der Waals surface area contributed by atoms with Gasteiger partial charge in [-0.05, 0) is 63.0 Å². The molecule has 0 spiro atoms. The highest BCUT2D eigenvalue weighted by molar-refractivity contribution is 7.52. The van der Waals surface area contributed by atoms with E-state index in [2.05, 4.69) is 29.1 Å². The van der Waals surface area contributed by atoms with Crippen molar-refractivity contribution in [2.75, 3.05) is 18.9 Å².